The number of nitrogens with one attached hydrogen (secondary N) is 2. The van der Waals surface area contributed by atoms with Crippen molar-refractivity contribution in [3.05, 3.63) is 47.3 Å². The monoisotopic (exact) mass is 384 g/mol. The number of aromatic nitrogens is 2. The number of hydrogen-bond acceptors (Lipinski definition) is 4. The summed E-state index contributed by atoms with van der Waals surface area (Å²) in [6.45, 7) is 7.99. The number of ether oxygens (including phenoxy) is 1. The largest absolute Gasteiger partial charge is 0.368 e. The summed E-state index contributed by atoms with van der Waals surface area (Å²) in [5, 5.41) is 10.3. The predicted molar refractivity (Wildman–Crippen MR) is 107 cm³/mol. The molecule has 1 aliphatic rings. The van der Waals surface area contributed by atoms with Crippen LogP contribution in [0, 0.1) is 19.8 Å². The van der Waals surface area contributed by atoms with E-state index in [-0.39, 0.29) is 17.7 Å². The summed E-state index contributed by atoms with van der Waals surface area (Å²) >= 11 is 0. The van der Waals surface area contributed by atoms with Crippen LogP contribution in [0.4, 0.5) is 5.69 Å². The van der Waals surface area contributed by atoms with Gasteiger partial charge < -0.3 is 15.4 Å². The molecule has 2 aromatic rings. The number of hydrogen-bond donors (Lipinski definition) is 2. The summed E-state index contributed by atoms with van der Waals surface area (Å²) in [6, 6.07) is 9.01. The summed E-state index contributed by atoms with van der Waals surface area (Å²) in [5.74, 6) is -0.0775. The molecule has 2 N–H and O–H groups in total. The molecule has 7 nitrogen and oxygen atoms in total. The minimum Gasteiger partial charge on any atom is -0.368 e. The lowest BCUT2D eigenvalue weighted by Crippen LogP contribution is -2.30. The second-order valence-electron chi connectivity index (χ2n) is 7.50. The Balaban J connectivity index is 1.52. The normalized spacial score (nSPS) is 17.3. The van der Waals surface area contributed by atoms with Gasteiger partial charge in [-0.05, 0) is 56.9 Å². The first kappa shape index (κ1) is 20.1. The Bertz CT molecular complexity index is 840. The lowest BCUT2D eigenvalue weighted by Gasteiger charge is -2.15. The Morgan fingerprint density at radius 3 is 2.82 bits per heavy atom. The van der Waals surface area contributed by atoms with Crippen molar-refractivity contribution >= 4 is 17.5 Å². The van der Waals surface area contributed by atoms with E-state index in [0.29, 0.717) is 24.4 Å². The van der Waals surface area contributed by atoms with Crippen LogP contribution in [0.25, 0.3) is 0 Å². The second kappa shape index (κ2) is 9.01. The Morgan fingerprint density at radius 1 is 1.32 bits per heavy atom. The summed E-state index contributed by atoms with van der Waals surface area (Å²) in [4.78, 5) is 24.7. The minimum absolute atomic E-state index is 0.159. The molecule has 1 fully saturated rings. The highest BCUT2D eigenvalue weighted by Crippen LogP contribution is 2.16. The summed E-state index contributed by atoms with van der Waals surface area (Å²) in [5.41, 5.74) is 3.23. The molecular weight excluding hydrogens is 356 g/mol. The fourth-order valence-electron chi connectivity index (χ4n) is 3.33. The summed E-state index contributed by atoms with van der Waals surface area (Å²) in [6.07, 6.45) is 1.24. The molecule has 2 heterocycles. The molecule has 1 aromatic carbocycles. The first-order valence-corrected chi connectivity index (χ1v) is 9.74. The van der Waals surface area contributed by atoms with Crippen LogP contribution in [0.2, 0.25) is 0 Å². The van der Waals surface area contributed by atoms with Crippen molar-refractivity contribution in [1.29, 1.82) is 0 Å². The fourth-order valence-corrected chi connectivity index (χ4v) is 3.33. The van der Waals surface area contributed by atoms with Gasteiger partial charge in [-0.2, -0.15) is 5.10 Å². The molecule has 0 radical (unpaired) electrons. The highest BCUT2D eigenvalue weighted by atomic mass is 16.5. The third kappa shape index (κ3) is 5.19. The van der Waals surface area contributed by atoms with Gasteiger partial charge in [0.15, 0.2) is 0 Å². The number of nitrogens with zero attached hydrogens (tertiary/aromatic N) is 2. The third-order valence-corrected chi connectivity index (χ3v) is 4.81. The van der Waals surface area contributed by atoms with Crippen LogP contribution in [0.5, 0.6) is 0 Å². The van der Waals surface area contributed by atoms with Crippen LogP contribution in [0.15, 0.2) is 30.3 Å². The number of aryl methyl sites for hydroxylation is 2. The van der Waals surface area contributed by atoms with Gasteiger partial charge in [-0.1, -0.05) is 13.0 Å². The zero-order valence-corrected chi connectivity index (χ0v) is 16.7. The topological polar surface area (TPSA) is 85.2 Å². The fraction of sp³-hybridized carbons (Fsp3) is 0.476. The maximum absolute atomic E-state index is 12.5. The lowest BCUT2D eigenvalue weighted by atomic mass is 10.1. The van der Waals surface area contributed by atoms with E-state index in [2.05, 4.69) is 22.7 Å². The quantitative estimate of drug-likeness (QED) is 0.769. The molecule has 0 aliphatic carbocycles. The highest BCUT2D eigenvalue weighted by Gasteiger charge is 2.23. The van der Waals surface area contributed by atoms with E-state index in [1.807, 2.05) is 24.6 Å². The Labute approximate surface area is 165 Å². The maximum Gasteiger partial charge on any atom is 0.253 e. The van der Waals surface area contributed by atoms with E-state index in [9.17, 15) is 9.59 Å². The SMILES string of the molecule is Cc1cc(C)n(C[C@H](C)CNC(=O)c2cccc(NC(=O)[C@@H]3CCCO3)c2)n1. The van der Waals surface area contributed by atoms with Crippen LogP contribution >= 0.6 is 0 Å². The average Bonchev–Trinajstić information content (AvgIpc) is 3.30. The van der Waals surface area contributed by atoms with Gasteiger partial charge in [-0.3, -0.25) is 14.3 Å². The van der Waals surface area contributed by atoms with Crippen LogP contribution in [0.3, 0.4) is 0 Å². The number of carbonyl (C=O) groups excluding carboxylic acids is 2. The molecule has 1 aliphatic heterocycles. The van der Waals surface area contributed by atoms with E-state index in [1.54, 1.807) is 24.3 Å². The van der Waals surface area contributed by atoms with E-state index in [4.69, 9.17) is 4.74 Å². The number of benzene rings is 1. The molecule has 3 rings (SSSR count). The minimum atomic E-state index is -0.396. The first-order chi connectivity index (χ1) is 13.4. The Morgan fingerprint density at radius 2 is 2.14 bits per heavy atom. The molecule has 0 unspecified atom stereocenters. The van der Waals surface area contributed by atoms with Crippen LogP contribution in [0.1, 0.15) is 41.5 Å². The predicted octanol–water partition coefficient (Wildman–Crippen LogP) is 2.68. The zero-order valence-electron chi connectivity index (χ0n) is 16.7. The van der Waals surface area contributed by atoms with Crippen LogP contribution in [-0.2, 0) is 16.1 Å². The van der Waals surface area contributed by atoms with Gasteiger partial charge in [-0.25, -0.2) is 0 Å². The number of anilines is 1. The van der Waals surface area contributed by atoms with Crippen LogP contribution < -0.4 is 10.6 Å². The van der Waals surface area contributed by atoms with Gasteiger partial charge in [0.05, 0.1) is 5.69 Å². The smallest absolute Gasteiger partial charge is 0.253 e. The van der Waals surface area contributed by atoms with Gasteiger partial charge in [0.1, 0.15) is 6.10 Å². The molecule has 0 bridgehead atoms. The number of carbonyl (C=O) groups is 2. The van der Waals surface area contributed by atoms with Crippen molar-refractivity contribution in [3.8, 4) is 0 Å². The molecule has 1 saturated heterocycles. The van der Waals surface area contributed by atoms with Crippen molar-refractivity contribution in [2.24, 2.45) is 5.92 Å². The van der Waals surface area contributed by atoms with Gasteiger partial charge >= 0.3 is 0 Å². The molecule has 28 heavy (non-hydrogen) atoms. The van der Waals surface area contributed by atoms with Crippen molar-refractivity contribution in [3.63, 3.8) is 0 Å². The molecule has 1 aromatic heterocycles. The van der Waals surface area contributed by atoms with E-state index < -0.39 is 6.10 Å². The van der Waals surface area contributed by atoms with E-state index in [0.717, 1.165) is 30.8 Å². The number of rotatable bonds is 7. The van der Waals surface area contributed by atoms with Gasteiger partial charge in [0.25, 0.3) is 11.8 Å². The number of amides is 2. The van der Waals surface area contributed by atoms with Gasteiger partial charge in [0.2, 0.25) is 0 Å². The van der Waals surface area contributed by atoms with Crippen molar-refractivity contribution < 1.29 is 14.3 Å². The average molecular weight is 384 g/mol. The maximum atomic E-state index is 12.5. The lowest BCUT2D eigenvalue weighted by molar-refractivity contribution is -0.124. The Kier molecular flexibility index (Phi) is 6.46. The van der Waals surface area contributed by atoms with Crippen molar-refractivity contribution in [1.82, 2.24) is 15.1 Å². The zero-order chi connectivity index (χ0) is 20.1. The molecule has 2 amide bonds. The molecule has 150 valence electrons. The molecule has 0 spiro atoms. The highest BCUT2D eigenvalue weighted by molar-refractivity contribution is 5.98. The summed E-state index contributed by atoms with van der Waals surface area (Å²) < 4.78 is 7.36. The molecule has 2 atom stereocenters. The van der Waals surface area contributed by atoms with E-state index >= 15 is 0 Å². The Hall–Kier alpha value is -2.67. The molecule has 7 heteroatoms. The van der Waals surface area contributed by atoms with Crippen molar-refractivity contribution in [2.75, 3.05) is 18.5 Å². The standard InChI is InChI=1S/C21H28N4O3/c1-14(13-25-16(3)10-15(2)24-25)12-22-20(26)17-6-4-7-18(11-17)23-21(27)19-8-5-9-28-19/h4,6-7,10-11,14,19H,5,8-9,12-13H2,1-3H3,(H,22,26)(H,23,27)/t14-,19+/m1/s1. The summed E-state index contributed by atoms with van der Waals surface area (Å²) in [7, 11) is 0. The first-order valence-electron chi connectivity index (χ1n) is 9.74. The second-order valence-corrected chi connectivity index (χ2v) is 7.50. The van der Waals surface area contributed by atoms with Crippen LogP contribution in [-0.4, -0.2) is 40.9 Å². The van der Waals surface area contributed by atoms with E-state index in [1.165, 1.54) is 0 Å². The van der Waals surface area contributed by atoms with Gasteiger partial charge in [-0.15, -0.1) is 0 Å². The third-order valence-electron chi connectivity index (χ3n) is 4.81. The molecular formula is C21H28N4O3. The van der Waals surface area contributed by atoms with Gasteiger partial charge in [0, 0.05) is 36.6 Å². The molecule has 0 saturated carbocycles. The van der Waals surface area contributed by atoms with Crippen molar-refractivity contribution in [2.45, 2.75) is 46.3 Å².